The maximum absolute atomic E-state index is 12.5. The number of thioether (sulfide) groups is 2. The van der Waals surface area contributed by atoms with Gasteiger partial charge in [0.1, 0.15) is 22.8 Å². The number of amides is 2. The van der Waals surface area contributed by atoms with E-state index in [1.807, 2.05) is 6.07 Å². The van der Waals surface area contributed by atoms with Gasteiger partial charge in [0.05, 0.1) is 11.8 Å². The van der Waals surface area contributed by atoms with Gasteiger partial charge in [-0.05, 0) is 0 Å². The summed E-state index contributed by atoms with van der Waals surface area (Å²) in [6, 6.07) is 0.932. The van der Waals surface area contributed by atoms with Crippen LogP contribution in [0.2, 0.25) is 0 Å². The zero-order chi connectivity index (χ0) is 20.4. The monoisotopic (exact) mass is 464 g/mol. The van der Waals surface area contributed by atoms with Crippen LogP contribution in [0.5, 0.6) is 0 Å². The summed E-state index contributed by atoms with van der Waals surface area (Å²) in [7, 11) is 0. The third-order valence-electron chi connectivity index (χ3n) is 3.81. The van der Waals surface area contributed by atoms with Gasteiger partial charge in [-0.25, -0.2) is 9.78 Å². The number of aliphatic carboxylic acids is 1. The van der Waals surface area contributed by atoms with E-state index < -0.39 is 34.9 Å². The number of fused-ring (bicyclic) bond motifs is 1. The van der Waals surface area contributed by atoms with Gasteiger partial charge >= 0.3 is 35.5 Å². The van der Waals surface area contributed by atoms with E-state index in [9.17, 15) is 19.5 Å². The summed E-state index contributed by atoms with van der Waals surface area (Å²) in [5.41, 5.74) is 4.98. The zero-order valence-electron chi connectivity index (χ0n) is 15.9. The van der Waals surface area contributed by atoms with Crippen LogP contribution in [-0.4, -0.2) is 66.6 Å². The number of nitriles is 1. The van der Waals surface area contributed by atoms with Crippen molar-refractivity contribution < 1.29 is 55.7 Å². The molecule has 148 valence electrons. The number of carboxylic acid groups (broad SMARTS) is 1. The number of hydrogen-bond donors (Lipinski definition) is 4. The second kappa shape index (κ2) is 9.83. The van der Waals surface area contributed by atoms with Crippen LogP contribution in [0.15, 0.2) is 21.1 Å². The Balaban J connectivity index is 0.00000225. The Morgan fingerprint density at radius 1 is 1.59 bits per heavy atom. The summed E-state index contributed by atoms with van der Waals surface area (Å²) in [6.07, 6.45) is 0. The van der Waals surface area contributed by atoms with Crippen LogP contribution in [0.3, 0.4) is 0 Å². The number of oxime groups is 1. The molecule has 1 saturated heterocycles. The molecule has 3 rings (SSSR count). The molecule has 0 aromatic carbocycles. The Morgan fingerprint density at radius 2 is 2.31 bits per heavy atom. The number of nitrogen functional groups attached to an aromatic ring is 1. The average Bonchev–Trinajstić information content (AvgIpc) is 3.09. The second-order valence-corrected chi connectivity index (χ2v) is 8.47. The molecule has 5 N–H and O–H groups in total. The minimum atomic E-state index is -1.28. The molecule has 2 aliphatic rings. The van der Waals surface area contributed by atoms with Crippen molar-refractivity contribution in [3.8, 4) is 6.07 Å². The van der Waals surface area contributed by atoms with Crippen molar-refractivity contribution in [3.05, 3.63) is 21.7 Å². The van der Waals surface area contributed by atoms with E-state index in [1.165, 1.54) is 17.1 Å². The van der Waals surface area contributed by atoms with Crippen molar-refractivity contribution in [1.29, 1.82) is 5.26 Å². The summed E-state index contributed by atoms with van der Waals surface area (Å²) in [5, 5.41) is 33.7. The van der Waals surface area contributed by atoms with E-state index in [-0.39, 0.29) is 53.3 Å². The number of carbonyl (C=O) groups is 3. The van der Waals surface area contributed by atoms with Crippen LogP contribution in [0, 0.1) is 11.3 Å². The largest absolute Gasteiger partial charge is 1.00 e. The Labute approximate surface area is 200 Å². The summed E-state index contributed by atoms with van der Waals surface area (Å²) >= 11 is 3.38. The van der Waals surface area contributed by atoms with Crippen LogP contribution in [-0.2, 0) is 14.4 Å². The SMILES string of the molecule is N#CCSC1=C(C(=O)O)N2C(=O)[C@@H](NC(=O)/C(=N\O)c3csc(N)n3)[C@H]2SC1.[H-].[Na+]. The molecular formula is C14H13N6NaO5S3. The minimum absolute atomic E-state index is 0. The quantitative estimate of drug-likeness (QED) is 0.111. The van der Waals surface area contributed by atoms with Gasteiger partial charge < -0.3 is 22.8 Å². The third kappa shape index (κ3) is 4.55. The van der Waals surface area contributed by atoms with E-state index in [0.717, 1.165) is 28.0 Å². The fraction of sp³-hybridized carbons (Fsp3) is 0.286. The molecule has 2 atom stereocenters. The van der Waals surface area contributed by atoms with Gasteiger partial charge in [0.15, 0.2) is 10.8 Å². The first-order valence-electron chi connectivity index (χ1n) is 7.54. The zero-order valence-corrected chi connectivity index (χ0v) is 19.3. The standard InChI is InChI=1S/C14H12N6O5S3.Na.H/c15-1-2-26-6-4-27-12-8(11(22)20(12)9(6)13(23)24)18-10(21)7(19-25)5-3-28-14(16)17-5;;/h3,8,12,25H,2,4H2,(H2,16,17)(H,18,21)(H,23,24);;/q;+1;-1/b19-7-;;/t8-,12-;;/m1../s1. The van der Waals surface area contributed by atoms with Crippen molar-refractivity contribution in [2.24, 2.45) is 5.16 Å². The number of nitrogens with zero attached hydrogens (tertiary/aromatic N) is 4. The van der Waals surface area contributed by atoms with Crippen LogP contribution >= 0.6 is 34.9 Å². The molecule has 1 aromatic rings. The van der Waals surface area contributed by atoms with Gasteiger partial charge in [-0.1, -0.05) is 5.16 Å². The summed E-state index contributed by atoms with van der Waals surface area (Å²) in [4.78, 5) is 41.9. The van der Waals surface area contributed by atoms with Gasteiger partial charge in [-0.3, -0.25) is 14.5 Å². The molecule has 0 spiro atoms. The van der Waals surface area contributed by atoms with E-state index in [0.29, 0.717) is 10.7 Å². The molecule has 0 radical (unpaired) electrons. The van der Waals surface area contributed by atoms with Crippen molar-refractivity contribution >= 4 is 63.5 Å². The first-order valence-corrected chi connectivity index (χ1v) is 10.5. The number of rotatable bonds is 6. The number of carboxylic acids is 1. The Bertz CT molecular complexity index is 964. The van der Waals surface area contributed by atoms with Crippen LogP contribution in [0.1, 0.15) is 7.12 Å². The fourth-order valence-corrected chi connectivity index (χ4v) is 5.48. The minimum Gasteiger partial charge on any atom is -1.00 e. The molecule has 11 nitrogen and oxygen atoms in total. The number of nitrogens with one attached hydrogen (secondary N) is 1. The molecule has 0 bridgehead atoms. The maximum atomic E-state index is 12.5. The Kier molecular flexibility index (Phi) is 7.97. The summed E-state index contributed by atoms with van der Waals surface area (Å²) in [5.74, 6) is -2.37. The summed E-state index contributed by atoms with van der Waals surface area (Å²) < 4.78 is 0. The van der Waals surface area contributed by atoms with Crippen molar-refractivity contribution in [2.75, 3.05) is 17.2 Å². The molecule has 0 saturated carbocycles. The molecule has 1 aromatic heterocycles. The van der Waals surface area contributed by atoms with Gasteiger partial charge in [0.2, 0.25) is 0 Å². The normalized spacial score (nSPS) is 20.9. The Hall–Kier alpha value is -1.76. The second-order valence-electron chi connectivity index (χ2n) is 5.40. The number of β-lactam (4-membered cyclic amide) rings is 1. The first kappa shape index (κ1) is 23.5. The summed E-state index contributed by atoms with van der Waals surface area (Å²) in [6.45, 7) is 0. The van der Waals surface area contributed by atoms with E-state index in [4.69, 9.17) is 16.2 Å². The van der Waals surface area contributed by atoms with Gasteiger partial charge in [0.25, 0.3) is 11.8 Å². The van der Waals surface area contributed by atoms with Crippen molar-refractivity contribution in [2.45, 2.75) is 11.4 Å². The van der Waals surface area contributed by atoms with Gasteiger partial charge in [-0.2, -0.15) is 5.26 Å². The van der Waals surface area contributed by atoms with Gasteiger partial charge in [-0.15, -0.1) is 34.9 Å². The number of nitrogens with two attached hydrogens (primary N) is 1. The molecule has 2 amide bonds. The smallest absolute Gasteiger partial charge is 1.00 e. The number of thiazole rings is 1. The van der Waals surface area contributed by atoms with E-state index in [1.54, 1.807) is 0 Å². The average molecular weight is 464 g/mol. The van der Waals surface area contributed by atoms with Gasteiger partial charge in [0, 0.05) is 16.0 Å². The van der Waals surface area contributed by atoms with Crippen LogP contribution in [0.25, 0.3) is 0 Å². The van der Waals surface area contributed by atoms with Crippen LogP contribution < -0.4 is 40.6 Å². The maximum Gasteiger partial charge on any atom is 1.00 e. The topological polar surface area (TPSA) is 182 Å². The third-order valence-corrected chi connectivity index (χ3v) is 6.91. The molecule has 15 heteroatoms. The van der Waals surface area contributed by atoms with Crippen LogP contribution in [0.4, 0.5) is 5.13 Å². The van der Waals surface area contributed by atoms with E-state index in [2.05, 4.69) is 15.5 Å². The fourth-order valence-electron chi connectivity index (χ4n) is 2.64. The first-order chi connectivity index (χ1) is 13.4. The molecule has 3 heterocycles. The number of hydrogen-bond acceptors (Lipinski definition) is 11. The predicted octanol–water partition coefficient (Wildman–Crippen LogP) is -3.03. The number of aromatic nitrogens is 1. The molecule has 0 unspecified atom stereocenters. The molecule has 1 fully saturated rings. The van der Waals surface area contributed by atoms with Crippen molar-refractivity contribution in [3.63, 3.8) is 0 Å². The number of anilines is 1. The van der Waals surface area contributed by atoms with Crippen molar-refractivity contribution in [1.82, 2.24) is 15.2 Å². The molecule has 2 aliphatic heterocycles. The molecular weight excluding hydrogens is 451 g/mol. The molecule has 0 aliphatic carbocycles. The van der Waals surface area contributed by atoms with E-state index >= 15 is 0 Å². The Morgan fingerprint density at radius 3 is 2.86 bits per heavy atom. The molecule has 29 heavy (non-hydrogen) atoms. The number of carbonyl (C=O) groups excluding carboxylic acids is 2. The predicted molar refractivity (Wildman–Crippen MR) is 104 cm³/mol.